The summed E-state index contributed by atoms with van der Waals surface area (Å²) in [7, 11) is 0. The Morgan fingerprint density at radius 3 is 0.944 bits per heavy atom. The van der Waals surface area contributed by atoms with E-state index in [-0.39, 0.29) is 53.1 Å². The van der Waals surface area contributed by atoms with Crippen molar-refractivity contribution >= 4 is 12.2 Å². The van der Waals surface area contributed by atoms with Crippen LogP contribution in [0, 0.1) is 41.5 Å². The van der Waals surface area contributed by atoms with Gasteiger partial charge in [-0.2, -0.15) is 0 Å². The van der Waals surface area contributed by atoms with Crippen molar-refractivity contribution in [2.75, 3.05) is 0 Å². The summed E-state index contributed by atoms with van der Waals surface area (Å²) >= 11 is -3.49. The van der Waals surface area contributed by atoms with Crippen LogP contribution in [0.25, 0.3) is 34.4 Å². The molecule has 9 rings (SSSR count). The number of halogens is 12. The number of alkyl halides is 12. The quantitative estimate of drug-likeness (QED) is 0.165. The van der Waals surface area contributed by atoms with E-state index in [9.17, 15) is 62.9 Å². The zero-order valence-corrected chi connectivity index (χ0v) is 42.3. The zero-order valence-electron chi connectivity index (χ0n) is 39.8. The van der Waals surface area contributed by atoms with Crippen LogP contribution in [0.15, 0.2) is 108 Å². The summed E-state index contributed by atoms with van der Waals surface area (Å²) in [5.74, 6) is 0.344. The van der Waals surface area contributed by atoms with Gasteiger partial charge in [0.25, 0.3) is 0 Å². The number of allylic oxidation sites excluding steroid dienone is 2. The standard InChI is InChI=1S/2C18H11F6.2C9H12O.C2H4.Zr/c2*1-10-5-11-3-2-4-15(16(11)6-10)12-7-13(17(19,20)21)9-14(8-12)18(22,23)24;2*1-6-4-7(2)9(10)8(3)5-6;1-2;/h2*2-9H,1H3;2*4-5,10H,1-3H3;1-2H2;/q;;;;;+2/p-2. The maximum absolute atomic E-state index is 13.7. The van der Waals surface area contributed by atoms with Crippen LogP contribution in [0.5, 0.6) is 11.5 Å². The topological polar surface area (TPSA) is 46.1 Å². The molecule has 71 heavy (non-hydrogen) atoms. The average Bonchev–Trinajstić information content (AvgIpc) is 3.84. The van der Waals surface area contributed by atoms with Crippen molar-refractivity contribution < 1.29 is 83.2 Å². The Hall–Kier alpha value is -5.56. The maximum Gasteiger partial charge on any atom is -0.0398 e. The van der Waals surface area contributed by atoms with E-state index in [0.717, 1.165) is 88.2 Å². The summed E-state index contributed by atoms with van der Waals surface area (Å²) in [5, 5.41) is 22.2. The Morgan fingerprint density at radius 2 is 0.690 bits per heavy atom. The molecule has 0 spiro atoms. The van der Waals surface area contributed by atoms with Gasteiger partial charge in [-0.05, 0) is 41.5 Å². The van der Waals surface area contributed by atoms with Crippen molar-refractivity contribution in [2.45, 2.75) is 95.6 Å². The summed E-state index contributed by atoms with van der Waals surface area (Å²) in [5.41, 5.74) is 4.66. The van der Waals surface area contributed by atoms with Gasteiger partial charge in [0.1, 0.15) is 0 Å². The molecule has 1 fully saturated rings. The molecule has 0 amide bonds. The first kappa shape index (κ1) is 53.2. The molecule has 2 aliphatic carbocycles. The number of benzene rings is 6. The molecule has 1 saturated heterocycles. The number of aryl methyl sites for hydroxylation is 6. The second-order valence-electron chi connectivity index (χ2n) is 19.0. The Bertz CT molecular complexity index is 2800. The van der Waals surface area contributed by atoms with Crippen molar-refractivity contribution in [3.63, 3.8) is 0 Å². The van der Waals surface area contributed by atoms with Crippen LogP contribution in [0.4, 0.5) is 52.7 Å². The first-order valence-corrected chi connectivity index (χ1v) is 28.8. The molecule has 6 aromatic rings. The molecule has 2 atom stereocenters. The molecule has 3 aliphatic rings. The Labute approximate surface area is 408 Å². The molecule has 0 radical (unpaired) electrons. The van der Waals surface area contributed by atoms with Crippen molar-refractivity contribution in [1.29, 1.82) is 0 Å². The predicted octanol–water partition coefficient (Wildman–Crippen LogP) is 17.1. The van der Waals surface area contributed by atoms with Gasteiger partial charge in [-0.25, -0.2) is 0 Å². The van der Waals surface area contributed by atoms with Crippen LogP contribution in [-0.4, -0.2) is 0 Å². The number of hydrogen-bond donors (Lipinski definition) is 0. The van der Waals surface area contributed by atoms with Gasteiger partial charge in [0.15, 0.2) is 0 Å². The largest absolute Gasteiger partial charge is 0.872 e. The van der Waals surface area contributed by atoms with Gasteiger partial charge in [0.2, 0.25) is 0 Å². The minimum Gasteiger partial charge on any atom is -0.872 e. The summed E-state index contributed by atoms with van der Waals surface area (Å²) < 4.78 is 167. The molecule has 15 heteroatoms. The molecule has 372 valence electrons. The molecular weight excluding hydrogens is 1020 g/mol. The average molecular weight is 1070 g/mol. The van der Waals surface area contributed by atoms with Gasteiger partial charge >= 0.3 is 290 Å². The van der Waals surface area contributed by atoms with Gasteiger partial charge < -0.3 is 10.2 Å². The van der Waals surface area contributed by atoms with Gasteiger partial charge in [-0.1, -0.05) is 57.6 Å². The van der Waals surface area contributed by atoms with E-state index in [2.05, 4.69) is 0 Å². The summed E-state index contributed by atoms with van der Waals surface area (Å²) in [6, 6.07) is 20.7. The molecule has 2 nitrogen and oxygen atoms in total. The van der Waals surface area contributed by atoms with Gasteiger partial charge in [0.05, 0.1) is 0 Å². The Morgan fingerprint density at radius 1 is 0.408 bits per heavy atom. The van der Waals surface area contributed by atoms with Crippen LogP contribution in [0.1, 0.15) is 99.0 Å². The second-order valence-corrected chi connectivity index (χ2v) is 30.4. The van der Waals surface area contributed by atoms with E-state index >= 15 is 0 Å². The minimum absolute atomic E-state index is 0.0937. The van der Waals surface area contributed by atoms with Crippen molar-refractivity contribution in [3.05, 3.63) is 186 Å². The van der Waals surface area contributed by atoms with Gasteiger partial charge in [-0.3, -0.25) is 0 Å². The van der Waals surface area contributed by atoms with Crippen LogP contribution in [-0.2, 0) is 45.0 Å². The molecule has 0 aromatic heterocycles. The van der Waals surface area contributed by atoms with Crippen molar-refractivity contribution in [3.8, 4) is 33.8 Å². The summed E-state index contributed by atoms with van der Waals surface area (Å²) in [6.45, 7) is 15.2. The predicted molar refractivity (Wildman–Crippen MR) is 246 cm³/mol. The minimum atomic E-state index is -5.02. The molecule has 0 N–H and O–H groups in total. The van der Waals surface area contributed by atoms with E-state index in [1.54, 1.807) is 12.1 Å². The molecule has 0 bridgehead atoms. The zero-order chi connectivity index (χ0) is 52.5. The van der Waals surface area contributed by atoms with Gasteiger partial charge in [0, 0.05) is 0 Å². The smallest absolute Gasteiger partial charge is 0.0398 e. The van der Waals surface area contributed by atoms with E-state index < -0.39 is 67.2 Å². The van der Waals surface area contributed by atoms with Crippen LogP contribution in [0.2, 0.25) is 8.26 Å². The summed E-state index contributed by atoms with van der Waals surface area (Å²) in [6.07, 6.45) is -16.4. The molecule has 1 heterocycles. The number of fused-ring (bicyclic) bond motifs is 2. The maximum atomic E-state index is 13.7. The van der Waals surface area contributed by atoms with E-state index in [4.69, 9.17) is 0 Å². The van der Waals surface area contributed by atoms with Crippen LogP contribution in [0.3, 0.4) is 0 Å². The monoisotopic (exact) mass is 1070 g/mol. The first-order chi connectivity index (χ1) is 32.8. The molecular formula is C56H48F12O2Zr. The normalized spacial score (nSPS) is 16.6. The third-order valence-corrected chi connectivity index (χ3v) is 27.0. The fraction of sp³-hybridized carbons (Fsp3) is 0.286. The summed E-state index contributed by atoms with van der Waals surface area (Å²) in [4.78, 5) is 0. The fourth-order valence-corrected chi connectivity index (χ4v) is 28.3. The fourth-order valence-electron chi connectivity index (χ4n) is 10.6. The van der Waals surface area contributed by atoms with Crippen LogP contribution >= 0.6 is 0 Å². The Kier molecular flexibility index (Phi) is 14.3. The van der Waals surface area contributed by atoms with Crippen LogP contribution < -0.4 is 10.2 Å². The van der Waals surface area contributed by atoms with E-state index in [1.165, 1.54) is 12.1 Å². The third kappa shape index (κ3) is 11.0. The van der Waals surface area contributed by atoms with Crippen molar-refractivity contribution in [2.24, 2.45) is 0 Å². The molecule has 6 aromatic carbocycles. The molecule has 0 saturated carbocycles. The Balaban J connectivity index is 0.000000306. The first-order valence-electron chi connectivity index (χ1n) is 22.5. The van der Waals surface area contributed by atoms with E-state index in [1.807, 2.05) is 104 Å². The van der Waals surface area contributed by atoms with Gasteiger partial charge in [-0.15, -0.1) is 11.5 Å². The number of rotatable bonds is 4. The molecule has 1 aliphatic heterocycles. The van der Waals surface area contributed by atoms with Crippen molar-refractivity contribution in [1.82, 2.24) is 0 Å². The SMILES string of the molecule is CC1=Cc2c(-c3cc(C(F)(F)F)cc(C(F)(F)F)c3)cccc2[CH]1[Zr+2]1([CH]2C(C)=Cc3c(-c4cc(C(F)(F)F)cc(C(F)(F)F)c4)cccc32)[CH2][CH2]1.Cc1cc(C)c([O-])c(C)c1.Cc1cc(C)c([O-])c(C)c1. The van der Waals surface area contributed by atoms with E-state index in [0.29, 0.717) is 11.1 Å². The second kappa shape index (κ2) is 19.1. The molecule has 2 unspecified atom stereocenters. The third-order valence-electron chi connectivity index (χ3n) is 13.5. The number of hydrogen-bond acceptors (Lipinski definition) is 2.